The van der Waals surface area contributed by atoms with Gasteiger partial charge in [-0.25, -0.2) is 8.42 Å². The number of hydrogen-bond acceptors (Lipinski definition) is 3. The van der Waals surface area contributed by atoms with E-state index >= 15 is 0 Å². The number of hydrogen-bond donors (Lipinski definition) is 2. The minimum atomic E-state index is -3.53. The summed E-state index contributed by atoms with van der Waals surface area (Å²) in [5.74, 6) is 0. The average molecular weight is 272 g/mol. The van der Waals surface area contributed by atoms with E-state index in [0.29, 0.717) is 16.6 Å². The molecule has 0 saturated carbocycles. The van der Waals surface area contributed by atoms with Crippen molar-refractivity contribution in [3.05, 3.63) is 54.7 Å². The summed E-state index contributed by atoms with van der Waals surface area (Å²) < 4.78 is 25.1. The number of nitrogens with one attached hydrogen (secondary N) is 1. The molecule has 0 saturated heterocycles. The van der Waals surface area contributed by atoms with Crippen molar-refractivity contribution in [2.24, 2.45) is 0 Å². The molecule has 3 N–H and O–H groups in total. The van der Waals surface area contributed by atoms with Gasteiger partial charge in [-0.2, -0.15) is 0 Å². The van der Waals surface area contributed by atoms with Gasteiger partial charge in [0.05, 0.1) is 21.0 Å². The monoisotopic (exact) mass is 272 g/mol. The van der Waals surface area contributed by atoms with E-state index in [-0.39, 0.29) is 9.79 Å². The van der Waals surface area contributed by atoms with Gasteiger partial charge in [0.15, 0.2) is 0 Å². The third-order valence-electron chi connectivity index (χ3n) is 3.05. The third kappa shape index (κ3) is 1.79. The van der Waals surface area contributed by atoms with Crippen LogP contribution in [-0.4, -0.2) is 13.4 Å². The van der Waals surface area contributed by atoms with Crippen LogP contribution in [-0.2, 0) is 9.84 Å². The molecule has 0 aliphatic rings. The van der Waals surface area contributed by atoms with E-state index in [2.05, 4.69) is 4.98 Å². The van der Waals surface area contributed by atoms with Crippen molar-refractivity contribution >= 4 is 26.4 Å². The molecule has 19 heavy (non-hydrogen) atoms. The standard InChI is InChI=1S/C14H12N2O2S/c15-12-8-4-7-11-13(9-16-14(11)12)19(17,18)10-5-2-1-3-6-10/h1-9,16H,15H2. The molecular formula is C14H12N2O2S. The number of nitrogen functional groups attached to an aromatic ring is 1. The van der Waals surface area contributed by atoms with Crippen molar-refractivity contribution in [3.8, 4) is 0 Å². The second kappa shape index (κ2) is 4.13. The SMILES string of the molecule is Nc1cccc2c(S(=O)(=O)c3ccccc3)c[nH]c12. The zero-order valence-corrected chi connectivity index (χ0v) is 10.8. The molecule has 3 aromatic rings. The molecule has 0 aliphatic heterocycles. The van der Waals surface area contributed by atoms with Crippen molar-refractivity contribution in [1.82, 2.24) is 4.98 Å². The molecule has 0 spiro atoms. The van der Waals surface area contributed by atoms with Gasteiger partial charge in [-0.15, -0.1) is 0 Å². The van der Waals surface area contributed by atoms with E-state index < -0.39 is 9.84 Å². The van der Waals surface area contributed by atoms with Gasteiger partial charge in [-0.3, -0.25) is 0 Å². The molecule has 3 rings (SSSR count). The number of benzene rings is 2. The number of para-hydroxylation sites is 1. The Labute approximate surface area is 110 Å². The van der Waals surface area contributed by atoms with Gasteiger partial charge in [0.25, 0.3) is 0 Å². The molecule has 0 unspecified atom stereocenters. The average Bonchev–Trinajstić information content (AvgIpc) is 2.86. The number of aromatic nitrogens is 1. The van der Waals surface area contributed by atoms with Crippen LogP contribution < -0.4 is 5.73 Å². The van der Waals surface area contributed by atoms with Crippen LogP contribution in [0.4, 0.5) is 5.69 Å². The topological polar surface area (TPSA) is 76.0 Å². The Morgan fingerprint density at radius 3 is 2.42 bits per heavy atom. The van der Waals surface area contributed by atoms with Crippen LogP contribution in [0, 0.1) is 0 Å². The van der Waals surface area contributed by atoms with Crippen molar-refractivity contribution in [2.45, 2.75) is 9.79 Å². The molecule has 0 atom stereocenters. The Balaban J connectivity index is 2.29. The fourth-order valence-corrected chi connectivity index (χ4v) is 3.54. The van der Waals surface area contributed by atoms with Crippen molar-refractivity contribution in [2.75, 3.05) is 5.73 Å². The van der Waals surface area contributed by atoms with Crippen LogP contribution in [0.5, 0.6) is 0 Å². The molecular weight excluding hydrogens is 260 g/mol. The zero-order chi connectivity index (χ0) is 13.5. The lowest BCUT2D eigenvalue weighted by Gasteiger charge is -2.03. The molecule has 0 fully saturated rings. The minimum Gasteiger partial charge on any atom is -0.397 e. The molecule has 4 nitrogen and oxygen atoms in total. The largest absolute Gasteiger partial charge is 0.397 e. The Hall–Kier alpha value is -2.27. The number of sulfone groups is 1. The number of anilines is 1. The van der Waals surface area contributed by atoms with Gasteiger partial charge >= 0.3 is 0 Å². The maximum absolute atomic E-state index is 12.6. The lowest BCUT2D eigenvalue weighted by molar-refractivity contribution is 0.597. The Kier molecular flexibility index (Phi) is 2.57. The second-order valence-electron chi connectivity index (χ2n) is 4.24. The maximum atomic E-state index is 12.6. The molecule has 0 bridgehead atoms. The lowest BCUT2D eigenvalue weighted by Crippen LogP contribution is -2.00. The summed E-state index contributed by atoms with van der Waals surface area (Å²) >= 11 is 0. The number of H-pyrrole nitrogens is 1. The van der Waals surface area contributed by atoms with Gasteiger partial charge in [-0.1, -0.05) is 30.3 Å². The Morgan fingerprint density at radius 1 is 0.947 bits per heavy atom. The van der Waals surface area contributed by atoms with Crippen molar-refractivity contribution in [1.29, 1.82) is 0 Å². The molecule has 0 aliphatic carbocycles. The highest BCUT2D eigenvalue weighted by Crippen LogP contribution is 2.30. The fraction of sp³-hybridized carbons (Fsp3) is 0. The Bertz CT molecular complexity index is 836. The van der Waals surface area contributed by atoms with E-state index in [1.165, 1.54) is 6.20 Å². The molecule has 96 valence electrons. The van der Waals surface area contributed by atoms with Gasteiger partial charge in [0.2, 0.25) is 9.84 Å². The van der Waals surface area contributed by atoms with Crippen LogP contribution in [0.15, 0.2) is 64.5 Å². The lowest BCUT2D eigenvalue weighted by atomic mass is 10.2. The molecule has 1 heterocycles. The van der Waals surface area contributed by atoms with Crippen molar-refractivity contribution in [3.63, 3.8) is 0 Å². The van der Waals surface area contributed by atoms with Gasteiger partial charge < -0.3 is 10.7 Å². The summed E-state index contributed by atoms with van der Waals surface area (Å²) in [4.78, 5) is 3.46. The molecule has 0 amide bonds. The third-order valence-corrected chi connectivity index (χ3v) is 4.86. The highest BCUT2D eigenvalue weighted by molar-refractivity contribution is 7.91. The predicted molar refractivity (Wildman–Crippen MR) is 74.6 cm³/mol. The van der Waals surface area contributed by atoms with Crippen LogP contribution in [0.1, 0.15) is 0 Å². The van der Waals surface area contributed by atoms with E-state index in [1.807, 2.05) is 0 Å². The zero-order valence-electron chi connectivity index (χ0n) is 10.00. The highest BCUT2D eigenvalue weighted by atomic mass is 32.2. The number of nitrogens with two attached hydrogens (primary N) is 1. The predicted octanol–water partition coefficient (Wildman–Crippen LogP) is 2.58. The summed E-state index contributed by atoms with van der Waals surface area (Å²) in [5, 5.41) is 0.615. The van der Waals surface area contributed by atoms with Gasteiger partial charge in [0, 0.05) is 11.6 Å². The molecule has 1 aromatic heterocycles. The summed E-state index contributed by atoms with van der Waals surface area (Å²) in [6.45, 7) is 0. The maximum Gasteiger partial charge on any atom is 0.208 e. The van der Waals surface area contributed by atoms with Crippen LogP contribution in [0.3, 0.4) is 0 Å². The first-order valence-electron chi connectivity index (χ1n) is 5.76. The highest BCUT2D eigenvalue weighted by Gasteiger charge is 2.21. The Morgan fingerprint density at radius 2 is 1.68 bits per heavy atom. The number of rotatable bonds is 2. The summed E-state index contributed by atoms with van der Waals surface area (Å²) in [7, 11) is -3.53. The van der Waals surface area contributed by atoms with Crippen LogP contribution >= 0.6 is 0 Å². The second-order valence-corrected chi connectivity index (χ2v) is 6.16. The van der Waals surface area contributed by atoms with Crippen molar-refractivity contribution < 1.29 is 8.42 Å². The van der Waals surface area contributed by atoms with E-state index in [4.69, 9.17) is 5.73 Å². The molecule has 2 aromatic carbocycles. The first-order chi connectivity index (χ1) is 9.10. The van der Waals surface area contributed by atoms with Crippen LogP contribution in [0.25, 0.3) is 10.9 Å². The van der Waals surface area contributed by atoms with E-state index in [1.54, 1.807) is 48.5 Å². The minimum absolute atomic E-state index is 0.251. The van der Waals surface area contributed by atoms with Crippen LogP contribution in [0.2, 0.25) is 0 Å². The fourth-order valence-electron chi connectivity index (χ4n) is 2.10. The normalized spacial score (nSPS) is 11.8. The molecule has 0 radical (unpaired) electrons. The van der Waals surface area contributed by atoms with E-state index in [0.717, 1.165) is 0 Å². The van der Waals surface area contributed by atoms with Gasteiger partial charge in [-0.05, 0) is 18.2 Å². The van der Waals surface area contributed by atoms with E-state index in [9.17, 15) is 8.42 Å². The number of fused-ring (bicyclic) bond motifs is 1. The van der Waals surface area contributed by atoms with Gasteiger partial charge in [0.1, 0.15) is 0 Å². The summed E-state index contributed by atoms with van der Waals surface area (Å²) in [5.41, 5.74) is 7.01. The summed E-state index contributed by atoms with van der Waals surface area (Å²) in [6.07, 6.45) is 1.49. The first-order valence-corrected chi connectivity index (χ1v) is 7.25. The number of aromatic amines is 1. The summed E-state index contributed by atoms with van der Waals surface area (Å²) in [6, 6.07) is 13.6. The first kappa shape index (κ1) is 11.8. The molecule has 5 heteroatoms. The quantitative estimate of drug-likeness (QED) is 0.704. The smallest absolute Gasteiger partial charge is 0.208 e.